The molecule has 1 saturated carbocycles. The second-order valence-corrected chi connectivity index (χ2v) is 7.15. The average molecular weight is 295 g/mol. The number of aliphatic hydroxyl groups excluding tert-OH is 1. The fourth-order valence-electron chi connectivity index (χ4n) is 3.75. The molecule has 0 aromatic carbocycles. The SMILES string of the molecule is CN1CCC(N2CC[C@H](CO)[C@H](NC(=O)C3CC3)C2)CC1. The van der Waals surface area contributed by atoms with E-state index in [-0.39, 0.29) is 30.4 Å². The van der Waals surface area contributed by atoms with Crippen LogP contribution in [0.4, 0.5) is 0 Å². The maximum absolute atomic E-state index is 12.0. The van der Waals surface area contributed by atoms with Gasteiger partial charge in [-0.15, -0.1) is 0 Å². The van der Waals surface area contributed by atoms with Crippen molar-refractivity contribution >= 4 is 5.91 Å². The summed E-state index contributed by atoms with van der Waals surface area (Å²) in [7, 11) is 2.19. The number of aliphatic hydroxyl groups is 1. The van der Waals surface area contributed by atoms with Gasteiger partial charge in [0.05, 0.1) is 0 Å². The molecule has 21 heavy (non-hydrogen) atoms. The fraction of sp³-hybridized carbons (Fsp3) is 0.938. The van der Waals surface area contributed by atoms with Crippen molar-refractivity contribution in [1.29, 1.82) is 0 Å². The highest BCUT2D eigenvalue weighted by Crippen LogP contribution is 2.30. The quantitative estimate of drug-likeness (QED) is 0.783. The Morgan fingerprint density at radius 1 is 1.14 bits per heavy atom. The first-order chi connectivity index (χ1) is 10.2. The van der Waals surface area contributed by atoms with Gasteiger partial charge in [0.2, 0.25) is 5.91 Å². The molecule has 3 aliphatic rings. The molecule has 1 amide bonds. The van der Waals surface area contributed by atoms with E-state index in [4.69, 9.17) is 0 Å². The molecule has 2 heterocycles. The summed E-state index contributed by atoms with van der Waals surface area (Å²) in [5, 5.41) is 12.8. The number of nitrogens with one attached hydrogen (secondary N) is 1. The molecule has 1 aliphatic carbocycles. The Morgan fingerprint density at radius 2 is 1.86 bits per heavy atom. The number of amides is 1. The van der Waals surface area contributed by atoms with Gasteiger partial charge in [-0.05, 0) is 58.8 Å². The molecule has 0 aromatic heterocycles. The van der Waals surface area contributed by atoms with Gasteiger partial charge in [-0.2, -0.15) is 0 Å². The summed E-state index contributed by atoms with van der Waals surface area (Å²) in [6, 6.07) is 0.790. The molecule has 0 aromatic rings. The molecule has 2 atom stereocenters. The minimum atomic E-state index is 0.136. The van der Waals surface area contributed by atoms with E-state index in [0.717, 1.165) is 32.4 Å². The van der Waals surface area contributed by atoms with Gasteiger partial charge in [-0.1, -0.05) is 0 Å². The molecular weight excluding hydrogens is 266 g/mol. The molecule has 5 nitrogen and oxygen atoms in total. The van der Waals surface area contributed by atoms with E-state index in [1.165, 1.54) is 25.9 Å². The van der Waals surface area contributed by atoms with E-state index in [9.17, 15) is 9.90 Å². The first-order valence-electron chi connectivity index (χ1n) is 8.51. The van der Waals surface area contributed by atoms with Gasteiger partial charge in [0.1, 0.15) is 0 Å². The third kappa shape index (κ3) is 3.76. The van der Waals surface area contributed by atoms with Gasteiger partial charge in [0.25, 0.3) is 0 Å². The molecule has 0 spiro atoms. The molecule has 0 unspecified atom stereocenters. The lowest BCUT2D eigenvalue weighted by molar-refractivity contribution is -0.124. The normalized spacial score (nSPS) is 33.0. The van der Waals surface area contributed by atoms with Crippen LogP contribution < -0.4 is 5.32 Å². The number of likely N-dealkylation sites (tertiary alicyclic amines) is 2. The van der Waals surface area contributed by atoms with Crippen molar-refractivity contribution in [2.45, 2.75) is 44.2 Å². The molecule has 3 fully saturated rings. The first kappa shape index (κ1) is 15.3. The van der Waals surface area contributed by atoms with Crippen LogP contribution in [0.15, 0.2) is 0 Å². The predicted octanol–water partition coefficient (Wildman–Crippen LogP) is 0.290. The van der Waals surface area contributed by atoms with Gasteiger partial charge in [0.15, 0.2) is 0 Å². The average Bonchev–Trinajstić information content (AvgIpc) is 3.32. The zero-order valence-electron chi connectivity index (χ0n) is 13.1. The zero-order chi connectivity index (χ0) is 14.8. The van der Waals surface area contributed by atoms with Crippen LogP contribution in [0.3, 0.4) is 0 Å². The first-order valence-corrected chi connectivity index (χ1v) is 8.51. The highest BCUT2D eigenvalue weighted by molar-refractivity contribution is 5.81. The number of rotatable bonds is 4. The number of hydrogen-bond acceptors (Lipinski definition) is 4. The summed E-state index contributed by atoms with van der Waals surface area (Å²) in [6.45, 7) is 4.51. The van der Waals surface area contributed by atoms with Crippen LogP contribution >= 0.6 is 0 Å². The standard InChI is InChI=1S/C16H29N3O2/c1-18-7-5-14(6-8-18)19-9-4-13(11-20)15(10-19)17-16(21)12-2-3-12/h12-15,20H,2-11H2,1H3,(H,17,21)/t13-,15-/m1/s1. The highest BCUT2D eigenvalue weighted by atomic mass is 16.3. The Kier molecular flexibility index (Phi) is 4.82. The Bertz CT molecular complexity index is 365. The predicted molar refractivity (Wildman–Crippen MR) is 81.9 cm³/mol. The van der Waals surface area contributed by atoms with Crippen molar-refractivity contribution < 1.29 is 9.90 Å². The molecule has 0 radical (unpaired) electrons. The minimum Gasteiger partial charge on any atom is -0.396 e. The number of carbonyl (C=O) groups excluding carboxylic acids is 1. The highest BCUT2D eigenvalue weighted by Gasteiger charge is 2.37. The summed E-state index contributed by atoms with van der Waals surface area (Å²) in [6.07, 6.45) is 5.54. The van der Waals surface area contributed by atoms with Crippen LogP contribution in [-0.4, -0.2) is 72.7 Å². The second kappa shape index (κ2) is 6.63. The van der Waals surface area contributed by atoms with Gasteiger partial charge in [-0.3, -0.25) is 9.69 Å². The van der Waals surface area contributed by atoms with Gasteiger partial charge >= 0.3 is 0 Å². The van der Waals surface area contributed by atoms with E-state index >= 15 is 0 Å². The Balaban J connectivity index is 1.56. The summed E-state index contributed by atoms with van der Waals surface area (Å²) < 4.78 is 0. The Morgan fingerprint density at radius 3 is 2.48 bits per heavy atom. The van der Waals surface area contributed by atoms with Gasteiger partial charge in [0, 0.05) is 37.1 Å². The molecule has 5 heteroatoms. The summed E-state index contributed by atoms with van der Waals surface area (Å²) >= 11 is 0. The topological polar surface area (TPSA) is 55.8 Å². The fourth-order valence-corrected chi connectivity index (χ4v) is 3.75. The van der Waals surface area contributed by atoms with Crippen molar-refractivity contribution in [3.05, 3.63) is 0 Å². The smallest absolute Gasteiger partial charge is 0.223 e. The van der Waals surface area contributed by atoms with E-state index in [1.807, 2.05) is 0 Å². The van der Waals surface area contributed by atoms with Crippen LogP contribution in [0.25, 0.3) is 0 Å². The summed E-state index contributed by atoms with van der Waals surface area (Å²) in [5.41, 5.74) is 0. The van der Waals surface area contributed by atoms with E-state index in [2.05, 4.69) is 22.2 Å². The Labute approximate surface area is 127 Å². The van der Waals surface area contributed by atoms with E-state index < -0.39 is 0 Å². The number of carbonyl (C=O) groups is 1. The summed E-state index contributed by atoms with van der Waals surface area (Å²) in [4.78, 5) is 17.0. The van der Waals surface area contributed by atoms with Crippen molar-refractivity contribution in [2.75, 3.05) is 39.8 Å². The van der Waals surface area contributed by atoms with Crippen molar-refractivity contribution in [1.82, 2.24) is 15.1 Å². The molecule has 2 N–H and O–H groups in total. The Hall–Kier alpha value is -0.650. The van der Waals surface area contributed by atoms with Crippen LogP contribution in [0.1, 0.15) is 32.1 Å². The van der Waals surface area contributed by atoms with Gasteiger partial charge in [-0.25, -0.2) is 0 Å². The van der Waals surface area contributed by atoms with Crippen molar-refractivity contribution in [3.8, 4) is 0 Å². The third-order valence-corrected chi connectivity index (χ3v) is 5.50. The van der Waals surface area contributed by atoms with Crippen LogP contribution in [0.5, 0.6) is 0 Å². The largest absolute Gasteiger partial charge is 0.396 e. The van der Waals surface area contributed by atoms with Crippen molar-refractivity contribution in [2.24, 2.45) is 11.8 Å². The molecule has 2 saturated heterocycles. The lowest BCUT2D eigenvalue weighted by Gasteiger charge is -2.44. The second-order valence-electron chi connectivity index (χ2n) is 7.15. The minimum absolute atomic E-state index is 0.136. The maximum atomic E-state index is 12.0. The van der Waals surface area contributed by atoms with E-state index in [0.29, 0.717) is 6.04 Å². The number of hydrogen-bond donors (Lipinski definition) is 2. The van der Waals surface area contributed by atoms with Crippen LogP contribution in [-0.2, 0) is 4.79 Å². The summed E-state index contributed by atoms with van der Waals surface area (Å²) in [5.74, 6) is 0.696. The molecule has 120 valence electrons. The molecule has 2 aliphatic heterocycles. The lowest BCUT2D eigenvalue weighted by atomic mass is 9.89. The third-order valence-electron chi connectivity index (χ3n) is 5.50. The zero-order valence-corrected chi connectivity index (χ0v) is 13.1. The molecule has 0 bridgehead atoms. The number of nitrogens with zero attached hydrogens (tertiary/aromatic N) is 2. The van der Waals surface area contributed by atoms with Gasteiger partial charge < -0.3 is 15.3 Å². The number of piperidine rings is 2. The van der Waals surface area contributed by atoms with Crippen molar-refractivity contribution in [3.63, 3.8) is 0 Å². The van der Waals surface area contributed by atoms with E-state index in [1.54, 1.807) is 0 Å². The van der Waals surface area contributed by atoms with Crippen LogP contribution in [0, 0.1) is 11.8 Å². The monoisotopic (exact) mass is 295 g/mol. The maximum Gasteiger partial charge on any atom is 0.223 e. The molecule has 3 rings (SSSR count). The van der Waals surface area contributed by atoms with Crippen LogP contribution in [0.2, 0.25) is 0 Å². The lowest BCUT2D eigenvalue weighted by Crippen LogP contribution is -2.57. The molecular formula is C16H29N3O2.